The molecule has 0 spiro atoms. The highest BCUT2D eigenvalue weighted by Crippen LogP contribution is 2.32. The zero-order valence-electron chi connectivity index (χ0n) is 20.9. The summed E-state index contributed by atoms with van der Waals surface area (Å²) in [4.78, 5) is 29.4. The highest BCUT2D eigenvalue weighted by atomic mass is 35.5. The predicted molar refractivity (Wildman–Crippen MR) is 135 cm³/mol. The number of aromatic nitrogens is 2. The second-order valence-corrected chi connectivity index (χ2v) is 11.6. The van der Waals surface area contributed by atoms with Crippen LogP contribution in [0.25, 0.3) is 0 Å². The summed E-state index contributed by atoms with van der Waals surface area (Å²) in [5, 5.41) is 8.67. The molecule has 1 N–H and O–H groups in total. The van der Waals surface area contributed by atoms with E-state index in [1.165, 1.54) is 19.3 Å². The van der Waals surface area contributed by atoms with E-state index in [1.54, 1.807) is 9.58 Å². The lowest BCUT2D eigenvalue weighted by Gasteiger charge is -2.44. The number of nitrogens with one attached hydrogen (secondary N) is 1. The summed E-state index contributed by atoms with van der Waals surface area (Å²) in [5.41, 5.74) is 1.02. The molecule has 34 heavy (non-hydrogen) atoms. The number of carbonyl (C=O) groups is 2. The third kappa shape index (κ3) is 5.17. The van der Waals surface area contributed by atoms with Gasteiger partial charge in [-0.05, 0) is 43.5 Å². The Hall–Kier alpha value is -2.34. The third-order valence-corrected chi connectivity index (χ3v) is 7.46. The van der Waals surface area contributed by atoms with E-state index < -0.39 is 5.54 Å². The lowest BCUT2D eigenvalue weighted by Crippen LogP contribution is -2.64. The number of hydrogen-bond donors (Lipinski definition) is 1. The Kier molecular flexibility index (Phi) is 7.09. The summed E-state index contributed by atoms with van der Waals surface area (Å²) >= 11 is 6.23. The number of rotatable bonds is 4. The highest BCUT2D eigenvalue weighted by molar-refractivity contribution is 6.30. The molecule has 1 saturated carbocycles. The standard InChI is InChI=1S/C27H37ClN4O2/c1-26(2,3)23-16-22-24(33)31(17-19-11-10-12-20(28)15-19)27(4,18-32(22)30-23)25(34)29-21-13-8-6-5-7-9-14-21/h10-12,15-16,21H,5-9,13-14,17-18H2,1-4H3,(H,29,34)/t27-/m1/s1. The Morgan fingerprint density at radius 2 is 1.82 bits per heavy atom. The molecular formula is C27H37ClN4O2. The smallest absolute Gasteiger partial charge is 0.273 e. The predicted octanol–water partition coefficient (Wildman–Crippen LogP) is 5.48. The average Bonchev–Trinajstić information content (AvgIpc) is 3.17. The molecule has 1 atom stereocenters. The van der Waals surface area contributed by atoms with Crippen molar-refractivity contribution in [3.8, 4) is 0 Å². The maximum absolute atomic E-state index is 13.8. The zero-order chi connectivity index (χ0) is 24.5. The van der Waals surface area contributed by atoms with Crippen molar-refractivity contribution in [1.29, 1.82) is 0 Å². The van der Waals surface area contributed by atoms with E-state index in [9.17, 15) is 9.59 Å². The van der Waals surface area contributed by atoms with Crippen LogP contribution in [0.5, 0.6) is 0 Å². The van der Waals surface area contributed by atoms with Gasteiger partial charge < -0.3 is 10.2 Å². The van der Waals surface area contributed by atoms with Crippen LogP contribution in [0, 0.1) is 0 Å². The fourth-order valence-corrected chi connectivity index (χ4v) is 5.23. The second-order valence-electron chi connectivity index (χ2n) is 11.1. The Morgan fingerprint density at radius 3 is 2.47 bits per heavy atom. The van der Waals surface area contributed by atoms with E-state index in [0.29, 0.717) is 23.8 Å². The molecule has 2 amide bonds. The van der Waals surface area contributed by atoms with E-state index in [-0.39, 0.29) is 23.3 Å². The van der Waals surface area contributed by atoms with Gasteiger partial charge in [0.1, 0.15) is 11.2 Å². The van der Waals surface area contributed by atoms with Crippen molar-refractivity contribution in [2.24, 2.45) is 0 Å². The van der Waals surface area contributed by atoms with Gasteiger partial charge in [-0.1, -0.05) is 76.6 Å². The molecule has 1 aromatic carbocycles. The molecule has 0 unspecified atom stereocenters. The summed E-state index contributed by atoms with van der Waals surface area (Å²) < 4.78 is 1.73. The molecule has 1 aromatic heterocycles. The number of hydrogen-bond acceptors (Lipinski definition) is 3. The minimum atomic E-state index is -1.06. The van der Waals surface area contributed by atoms with Crippen molar-refractivity contribution in [3.63, 3.8) is 0 Å². The number of fused-ring (bicyclic) bond motifs is 1. The quantitative estimate of drug-likeness (QED) is 0.625. The fraction of sp³-hybridized carbons (Fsp3) is 0.593. The van der Waals surface area contributed by atoms with E-state index in [2.05, 4.69) is 26.1 Å². The Morgan fingerprint density at radius 1 is 1.15 bits per heavy atom. The minimum absolute atomic E-state index is 0.105. The Balaban J connectivity index is 1.68. The van der Waals surface area contributed by atoms with Crippen LogP contribution in [-0.4, -0.2) is 38.1 Å². The molecule has 2 aromatic rings. The van der Waals surface area contributed by atoms with Gasteiger partial charge in [-0.15, -0.1) is 0 Å². The van der Waals surface area contributed by atoms with E-state index in [1.807, 2.05) is 37.3 Å². The molecule has 184 valence electrons. The van der Waals surface area contributed by atoms with Crippen LogP contribution in [0.3, 0.4) is 0 Å². The van der Waals surface area contributed by atoms with Crippen molar-refractivity contribution in [2.75, 3.05) is 0 Å². The number of amides is 2. The Labute approximate surface area is 208 Å². The first-order chi connectivity index (χ1) is 16.1. The first-order valence-corrected chi connectivity index (χ1v) is 12.9. The minimum Gasteiger partial charge on any atom is -0.351 e. The van der Waals surface area contributed by atoms with Gasteiger partial charge in [-0.2, -0.15) is 5.10 Å². The molecule has 6 nitrogen and oxygen atoms in total. The highest BCUT2D eigenvalue weighted by Gasteiger charge is 2.48. The summed E-state index contributed by atoms with van der Waals surface area (Å²) in [5.74, 6) is -0.281. The van der Waals surface area contributed by atoms with Gasteiger partial charge in [0, 0.05) is 23.0 Å². The maximum atomic E-state index is 13.8. The van der Waals surface area contributed by atoms with Crippen LogP contribution in [-0.2, 0) is 23.3 Å². The summed E-state index contributed by atoms with van der Waals surface area (Å²) in [7, 11) is 0. The summed E-state index contributed by atoms with van der Waals surface area (Å²) in [6.07, 6.45) is 7.95. The monoisotopic (exact) mass is 484 g/mol. The molecule has 2 aliphatic rings. The Bertz CT molecular complexity index is 1050. The molecule has 0 saturated heterocycles. The van der Waals surface area contributed by atoms with Crippen molar-refractivity contribution in [3.05, 3.63) is 52.3 Å². The van der Waals surface area contributed by atoms with E-state index in [0.717, 1.165) is 36.9 Å². The molecule has 0 bridgehead atoms. The normalized spacial score (nSPS) is 22.1. The largest absolute Gasteiger partial charge is 0.351 e. The first-order valence-electron chi connectivity index (χ1n) is 12.5. The number of nitrogens with zero attached hydrogens (tertiary/aromatic N) is 3. The fourth-order valence-electron chi connectivity index (χ4n) is 5.02. The topological polar surface area (TPSA) is 67.2 Å². The van der Waals surface area contributed by atoms with Crippen molar-refractivity contribution >= 4 is 23.4 Å². The molecule has 4 rings (SSSR count). The summed E-state index contributed by atoms with van der Waals surface area (Å²) in [6, 6.07) is 9.51. The second kappa shape index (κ2) is 9.73. The van der Waals surface area contributed by atoms with Crippen LogP contribution in [0.15, 0.2) is 30.3 Å². The molecule has 1 aliphatic carbocycles. The van der Waals surface area contributed by atoms with Crippen LogP contribution < -0.4 is 5.32 Å². The van der Waals surface area contributed by atoms with Gasteiger partial charge in [0.15, 0.2) is 0 Å². The maximum Gasteiger partial charge on any atom is 0.273 e. The van der Waals surface area contributed by atoms with Crippen LogP contribution in [0.1, 0.15) is 94.4 Å². The number of benzene rings is 1. The van der Waals surface area contributed by atoms with Crippen LogP contribution >= 0.6 is 11.6 Å². The van der Waals surface area contributed by atoms with Gasteiger partial charge in [-0.3, -0.25) is 14.3 Å². The lowest BCUT2D eigenvalue weighted by atomic mass is 9.91. The van der Waals surface area contributed by atoms with Gasteiger partial charge in [-0.25, -0.2) is 0 Å². The van der Waals surface area contributed by atoms with Crippen LogP contribution in [0.2, 0.25) is 5.02 Å². The van der Waals surface area contributed by atoms with Gasteiger partial charge >= 0.3 is 0 Å². The zero-order valence-corrected chi connectivity index (χ0v) is 21.6. The third-order valence-electron chi connectivity index (χ3n) is 7.23. The first kappa shape index (κ1) is 24.8. The molecule has 2 heterocycles. The molecule has 7 heteroatoms. The van der Waals surface area contributed by atoms with Gasteiger partial charge in [0.25, 0.3) is 5.91 Å². The van der Waals surface area contributed by atoms with E-state index >= 15 is 0 Å². The average molecular weight is 485 g/mol. The molecular weight excluding hydrogens is 448 g/mol. The van der Waals surface area contributed by atoms with Crippen molar-refractivity contribution in [2.45, 2.75) is 103 Å². The van der Waals surface area contributed by atoms with Crippen molar-refractivity contribution < 1.29 is 9.59 Å². The summed E-state index contributed by atoms with van der Waals surface area (Å²) in [6.45, 7) is 8.74. The molecule has 0 radical (unpaired) electrons. The lowest BCUT2D eigenvalue weighted by molar-refractivity contribution is -0.134. The van der Waals surface area contributed by atoms with Crippen molar-refractivity contribution in [1.82, 2.24) is 20.0 Å². The number of halogens is 1. The SMILES string of the molecule is CC(C)(C)c1cc2n(n1)C[C@](C)(C(=O)NC1CCCCCCC1)N(Cc1cccc(Cl)c1)C2=O. The molecule has 1 fully saturated rings. The van der Waals surface area contributed by atoms with E-state index in [4.69, 9.17) is 16.7 Å². The van der Waals surface area contributed by atoms with Crippen LogP contribution in [0.4, 0.5) is 0 Å². The number of carbonyl (C=O) groups excluding carboxylic acids is 2. The van der Waals surface area contributed by atoms with Gasteiger partial charge in [0.05, 0.1) is 12.2 Å². The molecule has 1 aliphatic heterocycles. The van der Waals surface area contributed by atoms with Gasteiger partial charge in [0.2, 0.25) is 5.91 Å².